The minimum Gasteiger partial charge on any atom is -0.389 e. The Morgan fingerprint density at radius 2 is 2.27 bits per heavy atom. The highest BCUT2D eigenvalue weighted by molar-refractivity contribution is 7.80. The number of hydrogen-bond acceptors (Lipinski definition) is 4. The molecule has 2 N–H and O–H groups in total. The molecule has 0 aliphatic heterocycles. The quantitative estimate of drug-likeness (QED) is 0.749. The lowest BCUT2D eigenvalue weighted by Gasteiger charge is -2.04. The predicted molar refractivity (Wildman–Crippen MR) is 59.8 cm³/mol. The van der Waals surface area contributed by atoms with Gasteiger partial charge in [0.2, 0.25) is 0 Å². The molecule has 0 fully saturated rings. The van der Waals surface area contributed by atoms with Gasteiger partial charge in [-0.25, -0.2) is 4.68 Å². The van der Waals surface area contributed by atoms with E-state index in [0.717, 1.165) is 5.69 Å². The smallest absolute Gasteiger partial charge is 0.185 e. The van der Waals surface area contributed by atoms with E-state index in [0.29, 0.717) is 11.4 Å². The van der Waals surface area contributed by atoms with Crippen LogP contribution in [-0.2, 0) is 0 Å². The first kappa shape index (κ1) is 9.72. The van der Waals surface area contributed by atoms with E-state index in [4.69, 9.17) is 18.0 Å². The minimum atomic E-state index is 0.285. The Balaban J connectivity index is 2.57. The fraction of sp³-hybridized carbons (Fsp3) is 0.111. The van der Waals surface area contributed by atoms with Crippen LogP contribution in [0.4, 0.5) is 0 Å². The van der Waals surface area contributed by atoms with Crippen LogP contribution in [0.1, 0.15) is 11.3 Å². The first-order valence-corrected chi connectivity index (χ1v) is 4.73. The van der Waals surface area contributed by atoms with Gasteiger partial charge in [0.1, 0.15) is 4.99 Å². The Morgan fingerprint density at radius 3 is 2.87 bits per heavy atom. The average molecular weight is 219 g/mol. The van der Waals surface area contributed by atoms with Crippen LogP contribution in [0.3, 0.4) is 0 Å². The van der Waals surface area contributed by atoms with Crippen molar-refractivity contribution in [2.75, 3.05) is 0 Å². The van der Waals surface area contributed by atoms with E-state index in [1.54, 1.807) is 23.1 Å². The van der Waals surface area contributed by atoms with Crippen LogP contribution in [0.25, 0.3) is 5.82 Å². The lowest BCUT2D eigenvalue weighted by Crippen LogP contribution is -2.15. The van der Waals surface area contributed by atoms with E-state index in [1.165, 1.54) is 0 Å². The molecule has 0 saturated heterocycles. The van der Waals surface area contributed by atoms with Crippen molar-refractivity contribution in [3.8, 4) is 5.82 Å². The first-order valence-electron chi connectivity index (χ1n) is 4.32. The lowest BCUT2D eigenvalue weighted by atomic mass is 10.3. The van der Waals surface area contributed by atoms with Crippen molar-refractivity contribution in [1.29, 1.82) is 0 Å². The van der Waals surface area contributed by atoms with Crippen molar-refractivity contribution in [3.05, 3.63) is 35.8 Å². The second kappa shape index (κ2) is 3.74. The Labute approximate surface area is 91.9 Å². The van der Waals surface area contributed by atoms with Gasteiger partial charge in [-0.3, -0.25) is 0 Å². The highest BCUT2D eigenvalue weighted by atomic mass is 32.1. The normalized spacial score (nSPS) is 10.2. The summed E-state index contributed by atoms with van der Waals surface area (Å²) in [4.78, 5) is 0.285. The summed E-state index contributed by atoms with van der Waals surface area (Å²) in [6.45, 7) is 1.90. The van der Waals surface area contributed by atoms with Gasteiger partial charge in [-0.1, -0.05) is 12.2 Å². The Kier molecular flexibility index (Phi) is 2.42. The highest BCUT2D eigenvalue weighted by Gasteiger charge is 2.09. The van der Waals surface area contributed by atoms with Gasteiger partial charge in [0, 0.05) is 6.20 Å². The molecule has 0 atom stereocenters. The van der Waals surface area contributed by atoms with Gasteiger partial charge in [-0.15, -0.1) is 5.10 Å². The van der Waals surface area contributed by atoms with Gasteiger partial charge < -0.3 is 5.73 Å². The molecule has 0 radical (unpaired) electrons. The summed E-state index contributed by atoms with van der Waals surface area (Å²) in [5, 5.41) is 12.0. The topological polar surface area (TPSA) is 69.6 Å². The van der Waals surface area contributed by atoms with E-state index in [2.05, 4.69) is 15.3 Å². The zero-order valence-electron chi connectivity index (χ0n) is 8.08. The van der Waals surface area contributed by atoms with Crippen molar-refractivity contribution < 1.29 is 0 Å². The van der Waals surface area contributed by atoms with Crippen LogP contribution in [0.5, 0.6) is 0 Å². The number of aryl methyl sites for hydroxylation is 1. The largest absolute Gasteiger partial charge is 0.389 e. The third-order valence-electron chi connectivity index (χ3n) is 1.91. The summed E-state index contributed by atoms with van der Waals surface area (Å²) in [5.74, 6) is 0.554. The Bertz CT molecular complexity index is 505. The molecule has 0 bridgehead atoms. The van der Waals surface area contributed by atoms with Gasteiger partial charge in [-0.2, -0.15) is 10.2 Å². The Hall–Kier alpha value is -1.82. The lowest BCUT2D eigenvalue weighted by molar-refractivity contribution is 0.801. The van der Waals surface area contributed by atoms with Gasteiger partial charge in [-0.05, 0) is 19.1 Å². The maximum Gasteiger partial charge on any atom is 0.185 e. The summed E-state index contributed by atoms with van der Waals surface area (Å²) in [6, 6.07) is 3.60. The van der Waals surface area contributed by atoms with E-state index in [9.17, 15) is 0 Å². The maximum absolute atomic E-state index is 5.58. The Morgan fingerprint density at radius 1 is 1.47 bits per heavy atom. The number of nitrogens with two attached hydrogens (primary N) is 1. The molecule has 2 rings (SSSR count). The average Bonchev–Trinajstić information content (AvgIpc) is 2.65. The fourth-order valence-corrected chi connectivity index (χ4v) is 1.38. The molecule has 2 aromatic rings. The fourth-order valence-electron chi connectivity index (χ4n) is 1.22. The van der Waals surface area contributed by atoms with Crippen molar-refractivity contribution in [3.63, 3.8) is 0 Å². The molecule has 0 aliphatic carbocycles. The van der Waals surface area contributed by atoms with Crippen molar-refractivity contribution in [1.82, 2.24) is 20.0 Å². The molecule has 0 amide bonds. The molecule has 5 nitrogen and oxygen atoms in total. The van der Waals surface area contributed by atoms with E-state index in [1.807, 2.05) is 13.0 Å². The highest BCUT2D eigenvalue weighted by Crippen LogP contribution is 2.09. The van der Waals surface area contributed by atoms with Crippen LogP contribution in [0.2, 0.25) is 0 Å². The summed E-state index contributed by atoms with van der Waals surface area (Å²) in [6.07, 6.45) is 3.34. The summed E-state index contributed by atoms with van der Waals surface area (Å²) in [5.41, 5.74) is 7.15. The van der Waals surface area contributed by atoms with Gasteiger partial charge >= 0.3 is 0 Å². The third kappa shape index (κ3) is 1.84. The molecule has 6 heteroatoms. The molecule has 15 heavy (non-hydrogen) atoms. The van der Waals surface area contributed by atoms with Crippen molar-refractivity contribution in [2.45, 2.75) is 6.92 Å². The second-order valence-corrected chi connectivity index (χ2v) is 3.47. The van der Waals surface area contributed by atoms with Crippen LogP contribution in [0.15, 0.2) is 24.5 Å². The SMILES string of the molecule is Cc1ccn(-c2nnccc2C(N)=S)n1. The first-order chi connectivity index (χ1) is 7.18. The standard InChI is InChI=1S/C9H9N5S/c1-6-3-5-14(13-6)9-7(8(10)15)2-4-11-12-9/h2-5H,1H3,(H2,10,15). The summed E-state index contributed by atoms with van der Waals surface area (Å²) >= 11 is 4.93. The number of aromatic nitrogens is 4. The molecule has 76 valence electrons. The second-order valence-electron chi connectivity index (χ2n) is 3.03. The zero-order chi connectivity index (χ0) is 10.8. The van der Waals surface area contributed by atoms with E-state index in [-0.39, 0.29) is 4.99 Å². The molecule has 2 heterocycles. The molecule has 0 saturated carbocycles. The number of rotatable bonds is 2. The minimum absolute atomic E-state index is 0.285. The van der Waals surface area contributed by atoms with E-state index >= 15 is 0 Å². The van der Waals surface area contributed by atoms with Crippen molar-refractivity contribution in [2.24, 2.45) is 5.73 Å². The molecular formula is C9H9N5S. The van der Waals surface area contributed by atoms with Crippen LogP contribution in [-0.4, -0.2) is 25.0 Å². The monoisotopic (exact) mass is 219 g/mol. The zero-order valence-corrected chi connectivity index (χ0v) is 8.90. The predicted octanol–water partition coefficient (Wildman–Crippen LogP) is 0.605. The molecule has 2 aromatic heterocycles. The molecule has 0 aromatic carbocycles. The van der Waals surface area contributed by atoms with Gasteiger partial charge in [0.25, 0.3) is 0 Å². The van der Waals surface area contributed by atoms with Crippen LogP contribution < -0.4 is 5.73 Å². The van der Waals surface area contributed by atoms with Gasteiger partial charge in [0.15, 0.2) is 5.82 Å². The molecular weight excluding hydrogens is 210 g/mol. The number of nitrogens with zero attached hydrogens (tertiary/aromatic N) is 4. The summed E-state index contributed by atoms with van der Waals surface area (Å²) in [7, 11) is 0. The maximum atomic E-state index is 5.58. The summed E-state index contributed by atoms with van der Waals surface area (Å²) < 4.78 is 1.61. The molecule has 0 spiro atoms. The van der Waals surface area contributed by atoms with Crippen LogP contribution in [0, 0.1) is 6.92 Å². The van der Waals surface area contributed by atoms with Crippen molar-refractivity contribution >= 4 is 17.2 Å². The van der Waals surface area contributed by atoms with E-state index < -0.39 is 0 Å². The molecule has 0 unspecified atom stereocenters. The van der Waals surface area contributed by atoms with Gasteiger partial charge in [0.05, 0.1) is 17.5 Å². The number of hydrogen-bond donors (Lipinski definition) is 1. The van der Waals surface area contributed by atoms with Crippen LogP contribution >= 0.6 is 12.2 Å². The number of thiocarbonyl (C=S) groups is 1. The molecule has 0 aliphatic rings. The third-order valence-corrected chi connectivity index (χ3v) is 2.13.